The second kappa shape index (κ2) is 6.85. The first-order valence-corrected chi connectivity index (χ1v) is 8.30. The topological polar surface area (TPSA) is 89.3 Å². The second-order valence-electron chi connectivity index (χ2n) is 4.89. The predicted octanol–water partition coefficient (Wildman–Crippen LogP) is 1.39. The summed E-state index contributed by atoms with van der Waals surface area (Å²) in [5.74, 6) is -0.569. The van der Waals surface area contributed by atoms with Gasteiger partial charge in [-0.25, -0.2) is 8.42 Å². The first-order valence-electron chi connectivity index (χ1n) is 6.58. The summed E-state index contributed by atoms with van der Waals surface area (Å²) in [4.78, 5) is 12.1. The van der Waals surface area contributed by atoms with Crippen molar-refractivity contribution in [2.24, 2.45) is 5.73 Å². The summed E-state index contributed by atoms with van der Waals surface area (Å²) in [6, 6.07) is 5.53. The summed E-state index contributed by atoms with van der Waals surface area (Å²) in [6.07, 6.45) is 0.365. The Morgan fingerprint density at radius 1 is 1.35 bits per heavy atom. The second-order valence-corrected chi connectivity index (χ2v) is 7.33. The number of anilines is 1. The van der Waals surface area contributed by atoms with Gasteiger partial charge in [0.15, 0.2) is 9.84 Å². The van der Waals surface area contributed by atoms with Gasteiger partial charge in [-0.1, -0.05) is 12.1 Å². The largest absolute Gasteiger partial charge is 0.330 e. The van der Waals surface area contributed by atoms with Gasteiger partial charge in [0.2, 0.25) is 5.91 Å². The molecule has 0 aromatic heterocycles. The molecule has 0 bridgehead atoms. The van der Waals surface area contributed by atoms with Gasteiger partial charge in [-0.3, -0.25) is 4.79 Å². The van der Waals surface area contributed by atoms with E-state index in [-0.39, 0.29) is 5.75 Å². The Bertz CT molecular complexity index is 582. The molecule has 0 heterocycles. The van der Waals surface area contributed by atoms with Gasteiger partial charge in [-0.15, -0.1) is 0 Å². The molecule has 112 valence electrons. The van der Waals surface area contributed by atoms with Crippen molar-refractivity contribution in [1.82, 2.24) is 0 Å². The number of hydrogen-bond acceptors (Lipinski definition) is 4. The molecule has 0 aliphatic heterocycles. The molecule has 1 unspecified atom stereocenters. The van der Waals surface area contributed by atoms with E-state index in [2.05, 4.69) is 5.32 Å². The van der Waals surface area contributed by atoms with Crippen LogP contribution >= 0.6 is 0 Å². The van der Waals surface area contributed by atoms with Gasteiger partial charge in [-0.2, -0.15) is 0 Å². The van der Waals surface area contributed by atoms with Crippen LogP contribution in [0.4, 0.5) is 5.69 Å². The number of hydrogen-bond donors (Lipinski definition) is 2. The van der Waals surface area contributed by atoms with E-state index in [1.165, 1.54) is 6.92 Å². The van der Waals surface area contributed by atoms with Crippen molar-refractivity contribution in [2.75, 3.05) is 17.6 Å². The average molecular weight is 298 g/mol. The summed E-state index contributed by atoms with van der Waals surface area (Å²) in [7, 11) is -3.46. The van der Waals surface area contributed by atoms with Gasteiger partial charge in [0.25, 0.3) is 0 Å². The minimum absolute atomic E-state index is 0.0646. The zero-order valence-electron chi connectivity index (χ0n) is 12.1. The molecule has 1 aromatic carbocycles. The molecule has 5 nitrogen and oxygen atoms in total. The number of aryl methyl sites for hydroxylation is 1. The summed E-state index contributed by atoms with van der Waals surface area (Å²) >= 11 is 0. The van der Waals surface area contributed by atoms with Gasteiger partial charge in [0.05, 0.1) is 5.75 Å². The zero-order valence-corrected chi connectivity index (χ0v) is 13.0. The van der Waals surface area contributed by atoms with E-state index in [1.807, 2.05) is 26.0 Å². The summed E-state index contributed by atoms with van der Waals surface area (Å²) in [5, 5.41) is 1.61. The Hall–Kier alpha value is -1.40. The maximum atomic E-state index is 12.1. The fourth-order valence-corrected chi connectivity index (χ4v) is 3.05. The molecule has 6 heteroatoms. The van der Waals surface area contributed by atoms with Gasteiger partial charge in [0.1, 0.15) is 5.25 Å². The highest BCUT2D eigenvalue weighted by Gasteiger charge is 2.27. The molecule has 0 saturated heterocycles. The lowest BCUT2D eigenvalue weighted by atomic mass is 10.1. The van der Waals surface area contributed by atoms with E-state index in [9.17, 15) is 13.2 Å². The number of carbonyl (C=O) groups excluding carboxylic acids is 1. The lowest BCUT2D eigenvalue weighted by Crippen LogP contribution is -2.34. The standard InChI is InChI=1S/C14H22N2O3S/c1-10-6-4-7-13(11(10)2)16-14(17)12(3)20(18,19)9-5-8-15/h4,6-7,12H,5,8-9,15H2,1-3H3,(H,16,17). The van der Waals surface area contributed by atoms with Gasteiger partial charge >= 0.3 is 0 Å². The van der Waals surface area contributed by atoms with Crippen LogP contribution in [0.25, 0.3) is 0 Å². The number of sulfone groups is 1. The minimum atomic E-state index is -3.46. The quantitative estimate of drug-likeness (QED) is 0.830. The number of nitrogens with two attached hydrogens (primary N) is 1. The van der Waals surface area contributed by atoms with Crippen LogP contribution in [0.1, 0.15) is 24.5 Å². The van der Waals surface area contributed by atoms with E-state index in [4.69, 9.17) is 5.73 Å². The Morgan fingerprint density at radius 3 is 2.60 bits per heavy atom. The monoisotopic (exact) mass is 298 g/mol. The highest BCUT2D eigenvalue weighted by atomic mass is 32.2. The molecule has 1 aromatic rings. The van der Waals surface area contributed by atoms with Crippen LogP contribution in [0.15, 0.2) is 18.2 Å². The molecular weight excluding hydrogens is 276 g/mol. The molecule has 1 atom stereocenters. The fraction of sp³-hybridized carbons (Fsp3) is 0.500. The highest BCUT2D eigenvalue weighted by molar-refractivity contribution is 7.92. The highest BCUT2D eigenvalue weighted by Crippen LogP contribution is 2.19. The Balaban J connectivity index is 2.83. The third-order valence-corrected chi connectivity index (χ3v) is 5.55. The van der Waals surface area contributed by atoms with Crippen molar-refractivity contribution in [1.29, 1.82) is 0 Å². The third kappa shape index (κ3) is 4.05. The molecule has 1 rings (SSSR count). The van der Waals surface area contributed by atoms with E-state index in [0.29, 0.717) is 18.7 Å². The zero-order chi connectivity index (χ0) is 15.3. The van der Waals surface area contributed by atoms with Crippen molar-refractivity contribution < 1.29 is 13.2 Å². The molecule has 0 aliphatic rings. The number of carbonyl (C=O) groups is 1. The lowest BCUT2D eigenvalue weighted by molar-refractivity contribution is -0.115. The Kier molecular flexibility index (Phi) is 5.71. The third-order valence-electron chi connectivity index (χ3n) is 3.40. The van der Waals surface area contributed by atoms with Crippen LogP contribution < -0.4 is 11.1 Å². The molecule has 0 aliphatic carbocycles. The molecule has 0 radical (unpaired) electrons. The van der Waals surface area contributed by atoms with Crippen molar-refractivity contribution >= 4 is 21.4 Å². The van der Waals surface area contributed by atoms with Crippen molar-refractivity contribution in [3.05, 3.63) is 29.3 Å². The maximum Gasteiger partial charge on any atom is 0.242 e. The number of benzene rings is 1. The minimum Gasteiger partial charge on any atom is -0.330 e. The van der Waals surface area contributed by atoms with Crippen molar-refractivity contribution in [3.8, 4) is 0 Å². The van der Waals surface area contributed by atoms with Crippen LogP contribution in [0.3, 0.4) is 0 Å². The fourth-order valence-electron chi connectivity index (χ4n) is 1.75. The molecular formula is C14H22N2O3S. The van der Waals surface area contributed by atoms with Crippen molar-refractivity contribution in [3.63, 3.8) is 0 Å². The van der Waals surface area contributed by atoms with E-state index >= 15 is 0 Å². The van der Waals surface area contributed by atoms with E-state index in [1.54, 1.807) is 6.07 Å². The molecule has 1 amide bonds. The lowest BCUT2D eigenvalue weighted by Gasteiger charge is -2.15. The first kappa shape index (κ1) is 16.7. The maximum absolute atomic E-state index is 12.1. The van der Waals surface area contributed by atoms with Crippen LogP contribution in [-0.2, 0) is 14.6 Å². The molecule has 0 saturated carbocycles. The van der Waals surface area contributed by atoms with Crippen LogP contribution in [0, 0.1) is 13.8 Å². The van der Waals surface area contributed by atoms with E-state index < -0.39 is 21.0 Å². The molecule has 20 heavy (non-hydrogen) atoms. The molecule has 0 fully saturated rings. The number of nitrogens with one attached hydrogen (secondary N) is 1. The van der Waals surface area contributed by atoms with Crippen molar-refractivity contribution in [2.45, 2.75) is 32.4 Å². The predicted molar refractivity (Wildman–Crippen MR) is 81.5 cm³/mol. The first-order chi connectivity index (χ1) is 9.29. The normalized spacial score (nSPS) is 13.0. The smallest absolute Gasteiger partial charge is 0.242 e. The molecule has 3 N–H and O–H groups in total. The van der Waals surface area contributed by atoms with Crippen LogP contribution in [0.2, 0.25) is 0 Å². The number of amides is 1. The average Bonchev–Trinajstić information content (AvgIpc) is 2.40. The summed E-state index contributed by atoms with van der Waals surface area (Å²) in [5.41, 5.74) is 7.94. The summed E-state index contributed by atoms with van der Waals surface area (Å²) < 4.78 is 23.9. The SMILES string of the molecule is Cc1cccc(NC(=O)C(C)S(=O)(=O)CCCN)c1C. The van der Waals surface area contributed by atoms with Crippen LogP contribution in [0.5, 0.6) is 0 Å². The van der Waals surface area contributed by atoms with Crippen LogP contribution in [-0.4, -0.2) is 31.9 Å². The Labute approximate surface area is 120 Å². The van der Waals surface area contributed by atoms with E-state index in [0.717, 1.165) is 11.1 Å². The van der Waals surface area contributed by atoms with Gasteiger partial charge < -0.3 is 11.1 Å². The van der Waals surface area contributed by atoms with Gasteiger partial charge in [0, 0.05) is 5.69 Å². The molecule has 0 spiro atoms. The summed E-state index contributed by atoms with van der Waals surface area (Å²) in [6.45, 7) is 5.53. The van der Waals surface area contributed by atoms with Gasteiger partial charge in [-0.05, 0) is 50.9 Å². The Morgan fingerprint density at radius 2 is 2.00 bits per heavy atom. The number of rotatable bonds is 6.